The molecule has 0 aliphatic heterocycles. The number of rotatable bonds is 3. The van der Waals surface area contributed by atoms with E-state index in [1.165, 1.54) is 20.2 Å². The van der Waals surface area contributed by atoms with E-state index < -0.39 is 0 Å². The SMILES string of the molecule is N#Cc1cccc(C#N)c1-c1ccc2c(c1)c1c(-c3c(C#N)cccc3C#N)cccc1n2-c1ccc2sc3ccccc3c2c1. The Morgan fingerprint density at radius 3 is 1.80 bits per heavy atom. The molecule has 8 aromatic rings. The van der Waals surface area contributed by atoms with Crippen LogP contribution in [0.1, 0.15) is 22.3 Å². The lowest BCUT2D eigenvalue weighted by molar-refractivity contribution is 1.19. The Balaban J connectivity index is 1.52. The second-order valence-corrected chi connectivity index (χ2v) is 12.0. The molecule has 0 bridgehead atoms. The fourth-order valence-corrected chi connectivity index (χ4v) is 7.73. The Morgan fingerprint density at radius 1 is 0.478 bits per heavy atom. The lowest BCUT2D eigenvalue weighted by Gasteiger charge is -2.11. The Bertz CT molecular complexity index is 2690. The maximum absolute atomic E-state index is 10.1. The number of thiophene rings is 1. The predicted molar refractivity (Wildman–Crippen MR) is 183 cm³/mol. The number of hydrogen-bond donors (Lipinski definition) is 0. The van der Waals surface area contributed by atoms with Gasteiger partial charge in [-0.2, -0.15) is 21.0 Å². The van der Waals surface area contributed by atoms with Gasteiger partial charge in [-0.25, -0.2) is 0 Å². The molecule has 6 heteroatoms. The Kier molecular flexibility index (Phi) is 6.13. The molecule has 0 saturated carbocycles. The van der Waals surface area contributed by atoms with Gasteiger partial charge >= 0.3 is 0 Å². The van der Waals surface area contributed by atoms with Gasteiger partial charge in [-0.3, -0.25) is 0 Å². The molecule has 46 heavy (non-hydrogen) atoms. The van der Waals surface area contributed by atoms with Gasteiger partial charge < -0.3 is 4.57 Å². The first-order chi connectivity index (χ1) is 22.6. The summed E-state index contributed by atoms with van der Waals surface area (Å²) in [7, 11) is 0. The van der Waals surface area contributed by atoms with E-state index in [1.54, 1.807) is 47.7 Å². The molecule has 0 aliphatic rings. The van der Waals surface area contributed by atoms with Crippen molar-refractivity contribution >= 4 is 53.3 Å². The highest BCUT2D eigenvalue weighted by atomic mass is 32.1. The molecule has 2 aromatic heterocycles. The smallest absolute Gasteiger partial charge is 0.0998 e. The van der Waals surface area contributed by atoms with Crippen LogP contribution in [0.3, 0.4) is 0 Å². The van der Waals surface area contributed by atoms with Crippen LogP contribution in [0.4, 0.5) is 0 Å². The van der Waals surface area contributed by atoms with E-state index in [9.17, 15) is 21.0 Å². The summed E-state index contributed by atoms with van der Waals surface area (Å²) in [5.41, 5.74) is 7.13. The third-order valence-electron chi connectivity index (χ3n) is 8.58. The van der Waals surface area contributed by atoms with Gasteiger partial charge in [0, 0.05) is 47.8 Å². The maximum atomic E-state index is 10.1. The van der Waals surface area contributed by atoms with Crippen LogP contribution in [-0.4, -0.2) is 4.57 Å². The zero-order chi connectivity index (χ0) is 31.4. The minimum atomic E-state index is 0.413. The fourth-order valence-electron chi connectivity index (χ4n) is 6.64. The summed E-state index contributed by atoms with van der Waals surface area (Å²) in [4.78, 5) is 0. The summed E-state index contributed by atoms with van der Waals surface area (Å²) < 4.78 is 4.64. The van der Waals surface area contributed by atoms with E-state index in [-0.39, 0.29) is 0 Å². The van der Waals surface area contributed by atoms with Crippen molar-refractivity contribution in [2.24, 2.45) is 0 Å². The number of nitriles is 4. The molecule has 210 valence electrons. The average Bonchev–Trinajstić information content (AvgIpc) is 3.65. The quantitative estimate of drug-likeness (QED) is 0.201. The van der Waals surface area contributed by atoms with Crippen molar-refractivity contribution in [3.05, 3.63) is 138 Å². The molecule has 0 saturated heterocycles. The number of aromatic nitrogens is 1. The highest BCUT2D eigenvalue weighted by Crippen LogP contribution is 2.43. The van der Waals surface area contributed by atoms with E-state index in [4.69, 9.17) is 0 Å². The normalized spacial score (nSPS) is 11.0. The monoisotopic (exact) mass is 601 g/mol. The van der Waals surface area contributed by atoms with Gasteiger partial charge in [0.1, 0.15) is 0 Å². The minimum Gasteiger partial charge on any atom is -0.309 e. The van der Waals surface area contributed by atoms with Crippen LogP contribution in [0, 0.1) is 45.3 Å². The van der Waals surface area contributed by atoms with Crippen LogP contribution in [0.2, 0.25) is 0 Å². The summed E-state index contributed by atoms with van der Waals surface area (Å²) in [5, 5.41) is 44.3. The molecule has 0 atom stereocenters. The van der Waals surface area contributed by atoms with Gasteiger partial charge in [0.15, 0.2) is 0 Å². The number of nitrogens with zero attached hydrogens (tertiary/aromatic N) is 5. The number of fused-ring (bicyclic) bond motifs is 6. The summed E-state index contributed by atoms with van der Waals surface area (Å²) in [6, 6.07) is 46.3. The zero-order valence-electron chi connectivity index (χ0n) is 24.1. The van der Waals surface area contributed by atoms with Crippen LogP contribution in [0.5, 0.6) is 0 Å². The second-order valence-electron chi connectivity index (χ2n) is 10.9. The fraction of sp³-hybridized carbons (Fsp3) is 0. The molecule has 6 aromatic carbocycles. The molecule has 0 radical (unpaired) electrons. The number of hydrogen-bond acceptors (Lipinski definition) is 5. The van der Waals surface area contributed by atoms with E-state index >= 15 is 0 Å². The minimum absolute atomic E-state index is 0.413. The molecule has 0 unspecified atom stereocenters. The maximum Gasteiger partial charge on any atom is 0.0998 e. The van der Waals surface area contributed by atoms with Crippen molar-refractivity contribution in [1.82, 2.24) is 4.57 Å². The van der Waals surface area contributed by atoms with Crippen LogP contribution in [0.25, 0.3) is 69.9 Å². The van der Waals surface area contributed by atoms with Crippen LogP contribution in [-0.2, 0) is 0 Å². The lowest BCUT2D eigenvalue weighted by Crippen LogP contribution is -1.94. The predicted octanol–water partition coefficient (Wildman–Crippen LogP) is 9.97. The molecule has 5 nitrogen and oxygen atoms in total. The van der Waals surface area contributed by atoms with Gasteiger partial charge in [-0.15, -0.1) is 11.3 Å². The first kappa shape index (κ1) is 26.9. The molecular formula is C40H19N5S. The van der Waals surface area contributed by atoms with Crippen LogP contribution < -0.4 is 0 Å². The summed E-state index contributed by atoms with van der Waals surface area (Å²) in [6.45, 7) is 0. The molecule has 0 aliphatic carbocycles. The molecular weight excluding hydrogens is 583 g/mol. The zero-order valence-corrected chi connectivity index (χ0v) is 24.9. The standard InChI is InChI=1S/C40H19N5S/c41-20-25-6-3-7-26(21-42)38(25)24-14-16-34-33(18-24)40-31(39-27(22-43)8-4-9-28(39)23-44)11-5-12-35(40)45(34)29-15-17-37-32(19-29)30-10-1-2-13-36(30)46-37/h1-19H. The molecule has 0 spiro atoms. The van der Waals surface area contributed by atoms with Gasteiger partial charge in [-0.1, -0.05) is 48.5 Å². The van der Waals surface area contributed by atoms with E-state index in [0.29, 0.717) is 33.4 Å². The molecule has 0 amide bonds. The van der Waals surface area contributed by atoms with Gasteiger partial charge in [0.25, 0.3) is 0 Å². The van der Waals surface area contributed by atoms with Crippen LogP contribution >= 0.6 is 11.3 Å². The molecule has 0 fully saturated rings. The van der Waals surface area contributed by atoms with Gasteiger partial charge in [0.2, 0.25) is 0 Å². The molecule has 2 heterocycles. The summed E-state index contributed by atoms with van der Waals surface area (Å²) in [6.07, 6.45) is 0. The first-order valence-electron chi connectivity index (χ1n) is 14.5. The van der Waals surface area contributed by atoms with Crippen molar-refractivity contribution in [2.45, 2.75) is 0 Å². The van der Waals surface area contributed by atoms with E-state index in [1.807, 2.05) is 30.3 Å². The lowest BCUT2D eigenvalue weighted by atomic mass is 9.90. The first-order valence-corrected chi connectivity index (χ1v) is 15.3. The van der Waals surface area contributed by atoms with E-state index in [0.717, 1.165) is 38.6 Å². The van der Waals surface area contributed by atoms with Crippen molar-refractivity contribution in [2.75, 3.05) is 0 Å². The molecule has 0 N–H and O–H groups in total. The summed E-state index contributed by atoms with van der Waals surface area (Å²) >= 11 is 1.77. The largest absolute Gasteiger partial charge is 0.309 e. The van der Waals surface area contributed by atoms with Crippen molar-refractivity contribution in [3.63, 3.8) is 0 Å². The van der Waals surface area contributed by atoms with Gasteiger partial charge in [-0.05, 0) is 77.9 Å². The molecule has 8 rings (SSSR count). The Hall–Kier alpha value is -6.70. The topological polar surface area (TPSA) is 100 Å². The Labute approximate surface area is 267 Å². The second kappa shape index (κ2) is 10.5. The highest BCUT2D eigenvalue weighted by Gasteiger charge is 2.22. The highest BCUT2D eigenvalue weighted by molar-refractivity contribution is 7.25. The third kappa shape index (κ3) is 3.90. The van der Waals surface area contributed by atoms with Gasteiger partial charge in [0.05, 0.1) is 57.6 Å². The Morgan fingerprint density at radius 2 is 1.11 bits per heavy atom. The van der Waals surface area contributed by atoms with Crippen molar-refractivity contribution < 1.29 is 0 Å². The van der Waals surface area contributed by atoms with Crippen molar-refractivity contribution in [1.29, 1.82) is 21.0 Å². The summed E-state index contributed by atoms with van der Waals surface area (Å²) in [5.74, 6) is 0. The average molecular weight is 602 g/mol. The third-order valence-corrected chi connectivity index (χ3v) is 9.73. The van der Waals surface area contributed by atoms with Crippen LogP contribution in [0.15, 0.2) is 115 Å². The van der Waals surface area contributed by atoms with E-state index in [2.05, 4.69) is 77.4 Å². The number of benzene rings is 6. The van der Waals surface area contributed by atoms with Crippen molar-refractivity contribution in [3.8, 4) is 52.2 Å².